The van der Waals surface area contributed by atoms with Gasteiger partial charge in [0.1, 0.15) is 11.3 Å². The molecule has 2 aromatic rings. The van der Waals surface area contributed by atoms with Crippen LogP contribution in [0.5, 0.6) is 0 Å². The van der Waals surface area contributed by atoms with Gasteiger partial charge in [0.2, 0.25) is 0 Å². The lowest BCUT2D eigenvalue weighted by atomic mass is 10.1. The van der Waals surface area contributed by atoms with Gasteiger partial charge in [-0.25, -0.2) is 4.79 Å². The first-order valence-corrected chi connectivity index (χ1v) is 5.88. The third-order valence-corrected chi connectivity index (χ3v) is 2.72. The topological polar surface area (TPSA) is 72.9 Å². The molecule has 18 heavy (non-hydrogen) atoms. The molecule has 2 rings (SSSR count). The maximum absolute atomic E-state index is 11.2. The van der Waals surface area contributed by atoms with Gasteiger partial charge >= 0.3 is 5.97 Å². The summed E-state index contributed by atoms with van der Waals surface area (Å²) in [6, 6.07) is 0.123. The molecule has 0 saturated heterocycles. The Morgan fingerprint density at radius 3 is 2.67 bits per heavy atom. The molecule has 0 atom stereocenters. The molecule has 0 aliphatic rings. The van der Waals surface area contributed by atoms with E-state index in [1.54, 1.807) is 28.0 Å². The number of carboxylic acid groups (broad SMARTS) is 1. The van der Waals surface area contributed by atoms with Crippen molar-refractivity contribution in [1.29, 1.82) is 0 Å². The first-order chi connectivity index (χ1) is 8.52. The van der Waals surface area contributed by atoms with E-state index in [1.807, 2.05) is 20.8 Å². The lowest BCUT2D eigenvalue weighted by Gasteiger charge is -2.02. The highest BCUT2D eigenvalue weighted by molar-refractivity contribution is 5.94. The third kappa shape index (κ3) is 2.13. The van der Waals surface area contributed by atoms with E-state index in [1.165, 1.54) is 0 Å². The maximum atomic E-state index is 11.2. The highest BCUT2D eigenvalue weighted by Crippen LogP contribution is 2.23. The summed E-state index contributed by atoms with van der Waals surface area (Å²) >= 11 is 0. The average Bonchev–Trinajstić information content (AvgIpc) is 2.95. The number of aromatic nitrogens is 4. The van der Waals surface area contributed by atoms with Crippen LogP contribution in [0.3, 0.4) is 0 Å². The Morgan fingerprint density at radius 1 is 1.44 bits per heavy atom. The van der Waals surface area contributed by atoms with Crippen LogP contribution in [0.25, 0.3) is 11.3 Å². The lowest BCUT2D eigenvalue weighted by molar-refractivity contribution is 0.0697. The van der Waals surface area contributed by atoms with Crippen LogP contribution in [0, 0.1) is 0 Å². The molecule has 0 amide bonds. The maximum Gasteiger partial charge on any atom is 0.339 e. The van der Waals surface area contributed by atoms with Gasteiger partial charge < -0.3 is 5.11 Å². The molecule has 2 aromatic heterocycles. The molecule has 0 aliphatic carbocycles. The fraction of sp³-hybridized carbons (Fsp3) is 0.417. The molecule has 0 bridgehead atoms. The van der Waals surface area contributed by atoms with Gasteiger partial charge in [0.25, 0.3) is 0 Å². The molecular weight excluding hydrogens is 232 g/mol. The van der Waals surface area contributed by atoms with Gasteiger partial charge in [-0.15, -0.1) is 0 Å². The Balaban J connectivity index is 2.51. The standard InChI is InChI=1S/C12H16N4O2/c1-4-15-6-9(5-13-15)11-10(12(17)18)7-16(14-11)8(2)3/h5-8H,4H2,1-3H3,(H,17,18). The van der Waals surface area contributed by atoms with Gasteiger partial charge in [-0.3, -0.25) is 9.36 Å². The van der Waals surface area contributed by atoms with Crippen molar-refractivity contribution in [1.82, 2.24) is 19.6 Å². The van der Waals surface area contributed by atoms with Crippen molar-refractivity contribution in [3.05, 3.63) is 24.2 Å². The zero-order valence-electron chi connectivity index (χ0n) is 10.7. The number of aryl methyl sites for hydroxylation is 1. The van der Waals surface area contributed by atoms with Gasteiger partial charge in [-0.05, 0) is 20.8 Å². The Labute approximate surface area is 105 Å². The first kappa shape index (κ1) is 12.3. The van der Waals surface area contributed by atoms with Crippen molar-refractivity contribution in [3.63, 3.8) is 0 Å². The normalized spacial score (nSPS) is 11.1. The van der Waals surface area contributed by atoms with E-state index in [0.29, 0.717) is 5.69 Å². The summed E-state index contributed by atoms with van der Waals surface area (Å²) in [4.78, 5) is 11.2. The molecule has 0 spiro atoms. The second kappa shape index (κ2) is 4.64. The van der Waals surface area contributed by atoms with E-state index in [9.17, 15) is 9.90 Å². The SMILES string of the molecule is CCn1cc(-c2nn(C(C)C)cc2C(=O)O)cn1. The summed E-state index contributed by atoms with van der Waals surface area (Å²) < 4.78 is 3.40. The fourth-order valence-electron chi connectivity index (χ4n) is 1.68. The molecule has 0 aromatic carbocycles. The van der Waals surface area contributed by atoms with E-state index < -0.39 is 5.97 Å². The van der Waals surface area contributed by atoms with Crippen molar-refractivity contribution >= 4 is 5.97 Å². The van der Waals surface area contributed by atoms with Crippen molar-refractivity contribution in [2.75, 3.05) is 0 Å². The monoisotopic (exact) mass is 248 g/mol. The third-order valence-electron chi connectivity index (χ3n) is 2.72. The summed E-state index contributed by atoms with van der Waals surface area (Å²) in [6.07, 6.45) is 5.01. The quantitative estimate of drug-likeness (QED) is 0.898. The van der Waals surface area contributed by atoms with E-state index in [2.05, 4.69) is 10.2 Å². The van der Waals surface area contributed by atoms with Gasteiger partial charge in [-0.1, -0.05) is 0 Å². The average molecular weight is 248 g/mol. The summed E-state index contributed by atoms with van der Waals surface area (Å²) in [6.45, 7) is 6.63. The lowest BCUT2D eigenvalue weighted by Crippen LogP contribution is -2.00. The van der Waals surface area contributed by atoms with E-state index >= 15 is 0 Å². The van der Waals surface area contributed by atoms with Gasteiger partial charge in [0.05, 0.1) is 6.20 Å². The number of hydrogen-bond donors (Lipinski definition) is 1. The van der Waals surface area contributed by atoms with Crippen LogP contribution in [0.15, 0.2) is 18.6 Å². The van der Waals surface area contributed by atoms with Crippen LogP contribution in [0.2, 0.25) is 0 Å². The zero-order chi connectivity index (χ0) is 13.3. The van der Waals surface area contributed by atoms with E-state index in [-0.39, 0.29) is 11.6 Å². The van der Waals surface area contributed by atoms with Crippen LogP contribution >= 0.6 is 0 Å². The highest BCUT2D eigenvalue weighted by atomic mass is 16.4. The van der Waals surface area contributed by atoms with E-state index in [4.69, 9.17) is 0 Å². The molecule has 2 heterocycles. The number of carbonyl (C=O) groups is 1. The number of aromatic carboxylic acids is 1. The van der Waals surface area contributed by atoms with Crippen molar-refractivity contribution in [2.45, 2.75) is 33.4 Å². The second-order valence-corrected chi connectivity index (χ2v) is 4.35. The van der Waals surface area contributed by atoms with Crippen LogP contribution in [0.4, 0.5) is 0 Å². The van der Waals surface area contributed by atoms with Gasteiger partial charge in [0, 0.05) is 30.5 Å². The summed E-state index contributed by atoms with van der Waals surface area (Å²) in [5.41, 5.74) is 1.41. The molecule has 0 unspecified atom stereocenters. The minimum absolute atomic E-state index is 0.123. The molecule has 0 aliphatic heterocycles. The molecule has 0 fully saturated rings. The Bertz CT molecular complexity index is 568. The predicted octanol–water partition coefficient (Wildman–Crippen LogP) is 2.05. The van der Waals surface area contributed by atoms with Crippen molar-refractivity contribution in [2.24, 2.45) is 0 Å². The number of rotatable bonds is 4. The second-order valence-electron chi connectivity index (χ2n) is 4.35. The Kier molecular flexibility index (Phi) is 3.18. The number of nitrogens with zero attached hydrogens (tertiary/aromatic N) is 4. The van der Waals surface area contributed by atoms with E-state index in [0.717, 1.165) is 12.1 Å². The van der Waals surface area contributed by atoms with Crippen LogP contribution in [0.1, 0.15) is 37.2 Å². The zero-order valence-corrected chi connectivity index (χ0v) is 10.7. The van der Waals surface area contributed by atoms with Gasteiger partial charge in [-0.2, -0.15) is 10.2 Å². The smallest absolute Gasteiger partial charge is 0.339 e. The van der Waals surface area contributed by atoms with Crippen LogP contribution in [-0.4, -0.2) is 30.6 Å². The molecule has 1 N–H and O–H groups in total. The summed E-state index contributed by atoms with van der Waals surface area (Å²) in [5, 5.41) is 17.7. The van der Waals surface area contributed by atoms with Crippen molar-refractivity contribution < 1.29 is 9.90 Å². The fourth-order valence-corrected chi connectivity index (χ4v) is 1.68. The number of hydrogen-bond acceptors (Lipinski definition) is 3. The van der Waals surface area contributed by atoms with Gasteiger partial charge in [0.15, 0.2) is 0 Å². The minimum atomic E-state index is -0.971. The van der Waals surface area contributed by atoms with Crippen LogP contribution < -0.4 is 0 Å². The molecule has 0 saturated carbocycles. The predicted molar refractivity (Wildman–Crippen MR) is 66.5 cm³/mol. The Hall–Kier alpha value is -2.11. The summed E-state index contributed by atoms with van der Waals surface area (Å²) in [7, 11) is 0. The molecular formula is C12H16N4O2. The molecule has 96 valence electrons. The molecule has 6 heteroatoms. The summed E-state index contributed by atoms with van der Waals surface area (Å²) in [5.74, 6) is -0.971. The Morgan fingerprint density at radius 2 is 2.17 bits per heavy atom. The van der Waals surface area contributed by atoms with Crippen molar-refractivity contribution in [3.8, 4) is 11.3 Å². The largest absolute Gasteiger partial charge is 0.478 e. The minimum Gasteiger partial charge on any atom is -0.478 e. The molecule has 0 radical (unpaired) electrons. The number of carboxylic acids is 1. The van der Waals surface area contributed by atoms with Crippen LogP contribution in [-0.2, 0) is 6.54 Å². The highest BCUT2D eigenvalue weighted by Gasteiger charge is 2.19. The first-order valence-electron chi connectivity index (χ1n) is 5.88. The molecule has 6 nitrogen and oxygen atoms in total.